The lowest BCUT2D eigenvalue weighted by atomic mass is 10.0. The highest BCUT2D eigenvalue weighted by Crippen LogP contribution is 2.39. The Balaban J connectivity index is 1.54. The van der Waals surface area contributed by atoms with Crippen LogP contribution in [0.3, 0.4) is 0 Å². The van der Waals surface area contributed by atoms with E-state index in [0.29, 0.717) is 5.92 Å². The first-order chi connectivity index (χ1) is 11.8. The van der Waals surface area contributed by atoms with Crippen LogP contribution in [0.4, 0.5) is 0 Å². The monoisotopic (exact) mass is 320 g/mol. The van der Waals surface area contributed by atoms with Gasteiger partial charge in [-0.25, -0.2) is 9.97 Å². The van der Waals surface area contributed by atoms with Crippen molar-refractivity contribution in [1.82, 2.24) is 19.9 Å². The Labute approximate surface area is 140 Å². The normalized spacial score (nSPS) is 18.2. The van der Waals surface area contributed by atoms with Crippen molar-refractivity contribution >= 4 is 11.2 Å². The Morgan fingerprint density at radius 1 is 1.21 bits per heavy atom. The maximum atomic E-state index is 5.84. The summed E-state index contributed by atoms with van der Waals surface area (Å²) in [6, 6.07) is 8.57. The van der Waals surface area contributed by atoms with Crippen molar-refractivity contribution in [2.45, 2.75) is 25.3 Å². The molecule has 1 saturated carbocycles. The van der Waals surface area contributed by atoms with Crippen LogP contribution in [-0.2, 0) is 6.54 Å². The molecule has 5 rings (SSSR count). The van der Waals surface area contributed by atoms with Crippen molar-refractivity contribution in [3.05, 3.63) is 41.9 Å². The summed E-state index contributed by atoms with van der Waals surface area (Å²) in [5.74, 6) is 2.70. The second-order valence-electron chi connectivity index (χ2n) is 6.90. The van der Waals surface area contributed by atoms with Crippen LogP contribution in [0, 0.1) is 0 Å². The molecule has 2 aromatic heterocycles. The molecule has 5 nitrogen and oxygen atoms in total. The molecular weight excluding hydrogens is 300 g/mol. The number of benzene rings is 1. The molecular formula is C19H20N4O. The van der Waals surface area contributed by atoms with Crippen LogP contribution in [-0.4, -0.2) is 40.1 Å². The van der Waals surface area contributed by atoms with Crippen molar-refractivity contribution < 1.29 is 4.74 Å². The first-order valence-corrected chi connectivity index (χ1v) is 8.56. The third-order valence-electron chi connectivity index (χ3n) is 4.88. The minimum atomic E-state index is 0.614. The third kappa shape index (κ3) is 2.45. The van der Waals surface area contributed by atoms with Crippen LogP contribution in [0.1, 0.15) is 30.1 Å². The van der Waals surface area contributed by atoms with Crippen LogP contribution in [0.15, 0.2) is 30.5 Å². The molecule has 1 aliphatic heterocycles. The SMILES string of the molecule is CN1CCOc2ccc(-c3cnc4nc(C5CC5)[nH]c4c3)cc2C1. The quantitative estimate of drug-likeness (QED) is 0.787. The van der Waals surface area contributed by atoms with Gasteiger partial charge < -0.3 is 9.72 Å². The smallest absolute Gasteiger partial charge is 0.177 e. The van der Waals surface area contributed by atoms with E-state index in [1.807, 2.05) is 6.20 Å². The lowest BCUT2D eigenvalue weighted by Crippen LogP contribution is -2.20. The highest BCUT2D eigenvalue weighted by Gasteiger charge is 2.27. The molecule has 0 radical (unpaired) electrons. The number of fused-ring (bicyclic) bond motifs is 2. The maximum Gasteiger partial charge on any atom is 0.177 e. The van der Waals surface area contributed by atoms with Crippen LogP contribution >= 0.6 is 0 Å². The molecule has 1 N–H and O–H groups in total. The Morgan fingerprint density at radius 2 is 2.12 bits per heavy atom. The molecule has 0 atom stereocenters. The molecule has 1 fully saturated rings. The van der Waals surface area contributed by atoms with E-state index in [0.717, 1.165) is 48.0 Å². The predicted molar refractivity (Wildman–Crippen MR) is 93.1 cm³/mol. The van der Waals surface area contributed by atoms with Gasteiger partial charge in [-0.3, -0.25) is 4.90 Å². The zero-order valence-corrected chi connectivity index (χ0v) is 13.7. The lowest BCUT2D eigenvalue weighted by Gasteiger charge is -2.12. The molecule has 0 amide bonds. The summed E-state index contributed by atoms with van der Waals surface area (Å²) >= 11 is 0. The Kier molecular flexibility index (Phi) is 3.10. The van der Waals surface area contributed by atoms with Gasteiger partial charge in [0.15, 0.2) is 5.65 Å². The second kappa shape index (κ2) is 5.31. The molecule has 1 aliphatic carbocycles. The molecule has 2 aliphatic rings. The largest absolute Gasteiger partial charge is 0.492 e. The number of ether oxygens (including phenoxy) is 1. The zero-order valence-electron chi connectivity index (χ0n) is 13.7. The van der Waals surface area contributed by atoms with Gasteiger partial charge in [0.25, 0.3) is 0 Å². The van der Waals surface area contributed by atoms with Gasteiger partial charge in [-0.15, -0.1) is 0 Å². The number of H-pyrrole nitrogens is 1. The molecule has 24 heavy (non-hydrogen) atoms. The van der Waals surface area contributed by atoms with Crippen LogP contribution in [0.2, 0.25) is 0 Å². The van der Waals surface area contributed by atoms with E-state index < -0.39 is 0 Å². The fraction of sp³-hybridized carbons (Fsp3) is 0.368. The van der Waals surface area contributed by atoms with Gasteiger partial charge in [0, 0.05) is 36.3 Å². The first-order valence-electron chi connectivity index (χ1n) is 8.56. The van der Waals surface area contributed by atoms with Crippen molar-refractivity contribution in [2.75, 3.05) is 20.2 Å². The molecule has 0 bridgehead atoms. The van der Waals surface area contributed by atoms with Crippen LogP contribution in [0.25, 0.3) is 22.3 Å². The standard InChI is InChI=1S/C19H20N4O/c1-23-6-7-24-17-5-4-13(8-15(17)11-23)14-9-16-19(20-10-14)22-18(21-16)12-2-3-12/h4-5,8-10,12H,2-3,6-7,11H2,1H3,(H,20,21,22). The van der Waals surface area contributed by atoms with E-state index in [9.17, 15) is 0 Å². The summed E-state index contributed by atoms with van der Waals surface area (Å²) in [5, 5.41) is 0. The molecule has 0 saturated heterocycles. The van der Waals surface area contributed by atoms with Crippen LogP contribution < -0.4 is 4.74 Å². The summed E-state index contributed by atoms with van der Waals surface area (Å²) in [4.78, 5) is 14.9. The molecule has 122 valence electrons. The Morgan fingerprint density at radius 3 is 3.00 bits per heavy atom. The van der Waals surface area contributed by atoms with Crippen molar-refractivity contribution in [3.8, 4) is 16.9 Å². The van der Waals surface area contributed by atoms with E-state index in [-0.39, 0.29) is 0 Å². The van der Waals surface area contributed by atoms with E-state index >= 15 is 0 Å². The van der Waals surface area contributed by atoms with Crippen molar-refractivity contribution in [2.24, 2.45) is 0 Å². The molecule has 5 heteroatoms. The predicted octanol–water partition coefficient (Wildman–Crippen LogP) is 3.33. The van der Waals surface area contributed by atoms with Gasteiger partial charge in [-0.1, -0.05) is 6.07 Å². The van der Waals surface area contributed by atoms with Gasteiger partial charge in [0.2, 0.25) is 0 Å². The van der Waals surface area contributed by atoms with Gasteiger partial charge in [0.1, 0.15) is 18.2 Å². The third-order valence-corrected chi connectivity index (χ3v) is 4.88. The number of pyridine rings is 1. The minimum absolute atomic E-state index is 0.614. The van der Waals surface area contributed by atoms with Crippen molar-refractivity contribution in [3.63, 3.8) is 0 Å². The summed E-state index contributed by atoms with van der Waals surface area (Å²) in [6.45, 7) is 2.61. The second-order valence-corrected chi connectivity index (χ2v) is 6.90. The number of nitrogens with zero attached hydrogens (tertiary/aromatic N) is 3. The summed E-state index contributed by atoms with van der Waals surface area (Å²) in [5.41, 5.74) is 5.36. The van der Waals surface area contributed by atoms with E-state index in [1.165, 1.54) is 24.0 Å². The number of rotatable bonds is 2. The molecule has 3 heterocycles. The topological polar surface area (TPSA) is 54.0 Å². The number of imidazole rings is 1. The Hall–Kier alpha value is -2.40. The lowest BCUT2D eigenvalue weighted by molar-refractivity contribution is 0.259. The van der Waals surface area contributed by atoms with E-state index in [2.05, 4.69) is 51.2 Å². The minimum Gasteiger partial charge on any atom is -0.492 e. The highest BCUT2D eigenvalue weighted by molar-refractivity contribution is 5.78. The van der Waals surface area contributed by atoms with Crippen molar-refractivity contribution in [1.29, 1.82) is 0 Å². The zero-order chi connectivity index (χ0) is 16.1. The fourth-order valence-corrected chi connectivity index (χ4v) is 3.33. The number of likely N-dealkylation sites (N-methyl/N-ethyl adjacent to an activating group) is 1. The van der Waals surface area contributed by atoms with Gasteiger partial charge >= 0.3 is 0 Å². The first kappa shape index (κ1) is 14.0. The summed E-state index contributed by atoms with van der Waals surface area (Å²) in [7, 11) is 2.13. The number of hydrogen-bond donors (Lipinski definition) is 1. The van der Waals surface area contributed by atoms with Gasteiger partial charge in [-0.2, -0.15) is 0 Å². The number of aromatic amines is 1. The molecule has 0 spiro atoms. The average molecular weight is 320 g/mol. The number of hydrogen-bond acceptors (Lipinski definition) is 4. The van der Waals surface area contributed by atoms with E-state index in [1.54, 1.807) is 0 Å². The summed E-state index contributed by atoms with van der Waals surface area (Å²) in [6.07, 6.45) is 4.40. The number of nitrogens with one attached hydrogen (secondary N) is 1. The molecule has 1 aromatic carbocycles. The Bertz CT molecular complexity index is 913. The summed E-state index contributed by atoms with van der Waals surface area (Å²) < 4.78 is 5.84. The van der Waals surface area contributed by atoms with E-state index in [4.69, 9.17) is 4.74 Å². The molecule has 0 unspecified atom stereocenters. The highest BCUT2D eigenvalue weighted by atomic mass is 16.5. The fourth-order valence-electron chi connectivity index (χ4n) is 3.33. The average Bonchev–Trinajstić information content (AvgIpc) is 3.37. The maximum absolute atomic E-state index is 5.84. The molecule has 3 aromatic rings. The van der Waals surface area contributed by atoms with Gasteiger partial charge in [-0.05, 0) is 43.7 Å². The van der Waals surface area contributed by atoms with Gasteiger partial charge in [0.05, 0.1) is 5.52 Å². The number of aromatic nitrogens is 3. The van der Waals surface area contributed by atoms with Crippen LogP contribution in [0.5, 0.6) is 5.75 Å².